The van der Waals surface area contributed by atoms with Gasteiger partial charge in [0.05, 0.1) is 5.02 Å². The largest absolute Gasteiger partial charge is 0.389 e. The number of anilines is 1. The van der Waals surface area contributed by atoms with Gasteiger partial charge in [-0.15, -0.1) is 0 Å². The molecule has 20 heavy (non-hydrogen) atoms. The number of benzene rings is 2. The lowest BCUT2D eigenvalue weighted by atomic mass is 10.1. The molecule has 2 aromatic rings. The molecule has 104 valence electrons. The lowest BCUT2D eigenvalue weighted by Gasteiger charge is -2.20. The summed E-state index contributed by atoms with van der Waals surface area (Å²) in [6.07, 6.45) is 0. The molecule has 0 atom stereocenters. The number of halogens is 2. The molecule has 0 bridgehead atoms. The molecule has 0 aliphatic rings. The van der Waals surface area contributed by atoms with Crippen LogP contribution in [0.25, 0.3) is 0 Å². The minimum absolute atomic E-state index is 0.139. The molecule has 0 fully saturated rings. The zero-order chi connectivity index (χ0) is 14.7. The highest BCUT2D eigenvalue weighted by molar-refractivity contribution is 7.80. The summed E-state index contributed by atoms with van der Waals surface area (Å²) in [5.74, 6) is -0.374. The molecular weight excluding hydrogens is 295 g/mol. The van der Waals surface area contributed by atoms with Crippen molar-refractivity contribution in [3.63, 3.8) is 0 Å². The van der Waals surface area contributed by atoms with Crippen molar-refractivity contribution in [3.05, 3.63) is 64.4 Å². The Kier molecular flexibility index (Phi) is 4.57. The number of nitrogens with two attached hydrogens (primary N) is 1. The average molecular weight is 309 g/mol. The molecule has 2 aromatic carbocycles. The van der Waals surface area contributed by atoms with E-state index in [4.69, 9.17) is 29.6 Å². The van der Waals surface area contributed by atoms with Gasteiger partial charge in [-0.1, -0.05) is 36.0 Å². The van der Waals surface area contributed by atoms with Gasteiger partial charge in [0, 0.05) is 30.4 Å². The number of hydrogen-bond acceptors (Lipinski definition) is 2. The van der Waals surface area contributed by atoms with Gasteiger partial charge in [-0.2, -0.15) is 0 Å². The van der Waals surface area contributed by atoms with E-state index in [0.717, 1.165) is 11.3 Å². The standard InChI is InChI=1S/C15H14ClFN2S/c1-19(9-11-3-2-4-13(16)14(11)17)12-7-5-10(6-8-12)15(18)20/h2-8H,9H2,1H3,(H2,18,20). The number of nitrogens with zero attached hydrogens (tertiary/aromatic N) is 1. The topological polar surface area (TPSA) is 29.3 Å². The van der Waals surface area contributed by atoms with E-state index in [1.54, 1.807) is 12.1 Å². The summed E-state index contributed by atoms with van der Waals surface area (Å²) in [7, 11) is 1.89. The van der Waals surface area contributed by atoms with Gasteiger partial charge in [0.25, 0.3) is 0 Å². The number of thiocarbonyl (C=S) groups is 1. The Morgan fingerprint density at radius 1 is 1.25 bits per heavy atom. The Morgan fingerprint density at radius 2 is 1.90 bits per heavy atom. The second kappa shape index (κ2) is 6.20. The maximum Gasteiger partial charge on any atom is 0.146 e. The van der Waals surface area contributed by atoms with Crippen LogP contribution in [0.15, 0.2) is 42.5 Å². The highest BCUT2D eigenvalue weighted by atomic mass is 35.5. The Hall–Kier alpha value is -1.65. The molecule has 0 aliphatic carbocycles. The fourth-order valence-electron chi connectivity index (χ4n) is 1.90. The second-order valence-electron chi connectivity index (χ2n) is 4.48. The van der Waals surface area contributed by atoms with Gasteiger partial charge in [0.15, 0.2) is 0 Å². The summed E-state index contributed by atoms with van der Waals surface area (Å²) in [6, 6.07) is 12.5. The smallest absolute Gasteiger partial charge is 0.146 e. The predicted octanol–water partition coefficient (Wildman–Crippen LogP) is 3.75. The molecule has 5 heteroatoms. The van der Waals surface area contributed by atoms with Gasteiger partial charge in [0.2, 0.25) is 0 Å². The first-order valence-corrected chi connectivity index (χ1v) is 6.81. The van der Waals surface area contributed by atoms with E-state index in [1.165, 1.54) is 6.07 Å². The summed E-state index contributed by atoms with van der Waals surface area (Å²) in [5, 5.41) is 0.139. The van der Waals surface area contributed by atoms with E-state index in [-0.39, 0.29) is 10.8 Å². The molecular formula is C15H14ClFN2S. The molecule has 0 spiro atoms. The SMILES string of the molecule is CN(Cc1cccc(Cl)c1F)c1ccc(C(N)=S)cc1. The summed E-state index contributed by atoms with van der Waals surface area (Å²) in [4.78, 5) is 2.29. The molecule has 0 saturated heterocycles. The Balaban J connectivity index is 2.17. The van der Waals surface area contributed by atoms with Gasteiger partial charge in [-0.3, -0.25) is 0 Å². The van der Waals surface area contributed by atoms with Crippen LogP contribution in [0.3, 0.4) is 0 Å². The van der Waals surface area contributed by atoms with E-state index < -0.39 is 0 Å². The third-order valence-electron chi connectivity index (χ3n) is 3.03. The van der Waals surface area contributed by atoms with Crippen LogP contribution in [0.4, 0.5) is 10.1 Å². The lowest BCUT2D eigenvalue weighted by Crippen LogP contribution is -2.17. The minimum atomic E-state index is -0.374. The Morgan fingerprint density at radius 3 is 2.50 bits per heavy atom. The zero-order valence-electron chi connectivity index (χ0n) is 10.9. The van der Waals surface area contributed by atoms with Gasteiger partial charge in [0.1, 0.15) is 10.8 Å². The normalized spacial score (nSPS) is 10.3. The second-order valence-corrected chi connectivity index (χ2v) is 5.33. The van der Waals surface area contributed by atoms with Crippen LogP contribution in [0.1, 0.15) is 11.1 Å². The van der Waals surface area contributed by atoms with Crippen LogP contribution in [0.2, 0.25) is 5.02 Å². The summed E-state index contributed by atoms with van der Waals surface area (Å²) < 4.78 is 13.9. The Bertz CT molecular complexity index is 628. The highest BCUT2D eigenvalue weighted by Gasteiger charge is 2.09. The van der Waals surface area contributed by atoms with E-state index >= 15 is 0 Å². The molecule has 2 N–H and O–H groups in total. The summed E-state index contributed by atoms with van der Waals surface area (Å²) in [6.45, 7) is 0.429. The van der Waals surface area contributed by atoms with E-state index in [2.05, 4.69) is 0 Å². The predicted molar refractivity (Wildman–Crippen MR) is 85.8 cm³/mol. The van der Waals surface area contributed by atoms with Crippen LogP contribution >= 0.6 is 23.8 Å². The minimum Gasteiger partial charge on any atom is -0.389 e. The first-order valence-electron chi connectivity index (χ1n) is 6.03. The summed E-state index contributed by atoms with van der Waals surface area (Å²) in [5.41, 5.74) is 7.87. The summed E-state index contributed by atoms with van der Waals surface area (Å²) >= 11 is 10.7. The third kappa shape index (κ3) is 3.26. The van der Waals surface area contributed by atoms with Crippen LogP contribution in [0.5, 0.6) is 0 Å². The Labute approximate surface area is 128 Å². The van der Waals surface area contributed by atoms with Crippen molar-refractivity contribution in [2.45, 2.75) is 6.54 Å². The number of rotatable bonds is 4. The first kappa shape index (κ1) is 14.8. The van der Waals surface area contributed by atoms with Gasteiger partial charge in [-0.25, -0.2) is 4.39 Å². The molecule has 0 heterocycles. The number of hydrogen-bond donors (Lipinski definition) is 1. The quantitative estimate of drug-likeness (QED) is 0.872. The molecule has 0 saturated carbocycles. The van der Waals surface area contributed by atoms with Gasteiger partial charge < -0.3 is 10.6 Å². The van der Waals surface area contributed by atoms with Crippen molar-refractivity contribution >= 4 is 34.5 Å². The zero-order valence-corrected chi connectivity index (χ0v) is 12.5. The highest BCUT2D eigenvalue weighted by Crippen LogP contribution is 2.21. The molecule has 0 radical (unpaired) electrons. The van der Waals surface area contributed by atoms with Crippen LogP contribution < -0.4 is 10.6 Å². The monoisotopic (exact) mass is 308 g/mol. The molecule has 0 aliphatic heterocycles. The van der Waals surface area contributed by atoms with Crippen LogP contribution in [-0.2, 0) is 6.54 Å². The van der Waals surface area contributed by atoms with Crippen molar-refractivity contribution in [1.82, 2.24) is 0 Å². The fraction of sp³-hybridized carbons (Fsp3) is 0.133. The van der Waals surface area contributed by atoms with Crippen molar-refractivity contribution in [2.75, 3.05) is 11.9 Å². The van der Waals surface area contributed by atoms with Gasteiger partial charge in [-0.05, 0) is 30.3 Å². The maximum atomic E-state index is 13.9. The van der Waals surface area contributed by atoms with Crippen molar-refractivity contribution in [1.29, 1.82) is 0 Å². The average Bonchev–Trinajstić information content (AvgIpc) is 2.44. The van der Waals surface area contributed by atoms with Gasteiger partial charge >= 0.3 is 0 Å². The molecule has 0 unspecified atom stereocenters. The van der Waals surface area contributed by atoms with Crippen molar-refractivity contribution in [3.8, 4) is 0 Å². The molecule has 0 amide bonds. The molecule has 2 rings (SSSR count). The first-order chi connectivity index (χ1) is 9.49. The third-order valence-corrected chi connectivity index (χ3v) is 3.56. The lowest BCUT2D eigenvalue weighted by molar-refractivity contribution is 0.608. The van der Waals surface area contributed by atoms with E-state index in [9.17, 15) is 4.39 Å². The molecule has 0 aromatic heterocycles. The maximum absolute atomic E-state index is 13.9. The molecule has 2 nitrogen and oxygen atoms in total. The van der Waals surface area contributed by atoms with Crippen LogP contribution in [0, 0.1) is 5.82 Å². The van der Waals surface area contributed by atoms with E-state index in [1.807, 2.05) is 36.2 Å². The van der Waals surface area contributed by atoms with E-state index in [0.29, 0.717) is 17.1 Å². The van der Waals surface area contributed by atoms with Crippen molar-refractivity contribution < 1.29 is 4.39 Å². The van der Waals surface area contributed by atoms with Crippen LogP contribution in [-0.4, -0.2) is 12.0 Å². The van der Waals surface area contributed by atoms with Crippen molar-refractivity contribution in [2.24, 2.45) is 5.73 Å². The fourth-order valence-corrected chi connectivity index (χ4v) is 2.23.